The molecule has 6 nitrogen and oxygen atoms in total. The second-order valence-electron chi connectivity index (χ2n) is 5.46. The van der Waals surface area contributed by atoms with Gasteiger partial charge >= 0.3 is 0 Å². The molecule has 6 heteroatoms. The van der Waals surface area contributed by atoms with Crippen molar-refractivity contribution in [2.24, 2.45) is 0 Å². The molecule has 0 unspecified atom stereocenters. The van der Waals surface area contributed by atoms with Crippen LogP contribution in [-0.2, 0) is 4.79 Å². The molecule has 0 saturated carbocycles. The molecule has 0 atom stereocenters. The normalized spacial score (nSPS) is 15.7. The Balaban J connectivity index is 1.89. The first-order valence-corrected chi connectivity index (χ1v) is 7.33. The van der Waals surface area contributed by atoms with E-state index in [0.29, 0.717) is 12.1 Å². The Kier molecular flexibility index (Phi) is 5.27. The van der Waals surface area contributed by atoms with Crippen LogP contribution < -0.4 is 5.32 Å². The SMILES string of the molecule is Cc1ccc([N+](=O)[O-])cc1NC(=O)CCN1CCCCC1. The highest BCUT2D eigenvalue weighted by molar-refractivity contribution is 5.92. The van der Waals surface area contributed by atoms with E-state index >= 15 is 0 Å². The molecule has 1 aliphatic heterocycles. The number of carbonyl (C=O) groups excluding carboxylic acids is 1. The van der Waals surface area contributed by atoms with Gasteiger partial charge in [-0.05, 0) is 38.4 Å². The van der Waals surface area contributed by atoms with Gasteiger partial charge in [0.1, 0.15) is 0 Å². The van der Waals surface area contributed by atoms with Crippen LogP contribution in [0.1, 0.15) is 31.2 Å². The fourth-order valence-corrected chi connectivity index (χ4v) is 2.51. The summed E-state index contributed by atoms with van der Waals surface area (Å²) in [4.78, 5) is 24.6. The van der Waals surface area contributed by atoms with Crippen molar-refractivity contribution >= 4 is 17.3 Å². The number of carbonyl (C=O) groups is 1. The Morgan fingerprint density at radius 1 is 1.33 bits per heavy atom. The van der Waals surface area contributed by atoms with Crippen molar-refractivity contribution in [2.75, 3.05) is 25.0 Å². The summed E-state index contributed by atoms with van der Waals surface area (Å²) in [5.41, 5.74) is 1.34. The molecule has 1 aromatic rings. The van der Waals surface area contributed by atoms with Gasteiger partial charge in [-0.15, -0.1) is 0 Å². The molecule has 1 saturated heterocycles. The molecule has 1 aliphatic rings. The Morgan fingerprint density at radius 3 is 2.71 bits per heavy atom. The van der Waals surface area contributed by atoms with Crippen molar-refractivity contribution in [3.63, 3.8) is 0 Å². The number of nitro benzene ring substituents is 1. The zero-order chi connectivity index (χ0) is 15.2. The molecular weight excluding hydrogens is 270 g/mol. The Labute approximate surface area is 124 Å². The van der Waals surface area contributed by atoms with Crippen LogP contribution in [0.2, 0.25) is 0 Å². The van der Waals surface area contributed by atoms with Gasteiger partial charge in [-0.25, -0.2) is 0 Å². The lowest BCUT2D eigenvalue weighted by molar-refractivity contribution is -0.384. The van der Waals surface area contributed by atoms with E-state index in [0.717, 1.165) is 25.2 Å². The van der Waals surface area contributed by atoms with Crippen LogP contribution >= 0.6 is 0 Å². The van der Waals surface area contributed by atoms with Crippen LogP contribution in [0.5, 0.6) is 0 Å². The summed E-state index contributed by atoms with van der Waals surface area (Å²) in [5.74, 6) is -0.0934. The minimum atomic E-state index is -0.456. The molecule has 2 rings (SSSR count). The van der Waals surface area contributed by atoms with Gasteiger partial charge in [0.15, 0.2) is 0 Å². The van der Waals surface area contributed by atoms with E-state index in [4.69, 9.17) is 0 Å². The fraction of sp³-hybridized carbons (Fsp3) is 0.533. The molecule has 1 fully saturated rings. The molecule has 0 spiro atoms. The zero-order valence-corrected chi connectivity index (χ0v) is 12.3. The maximum atomic E-state index is 12.0. The number of nitrogens with zero attached hydrogens (tertiary/aromatic N) is 2. The van der Waals surface area contributed by atoms with E-state index in [9.17, 15) is 14.9 Å². The molecule has 1 heterocycles. The summed E-state index contributed by atoms with van der Waals surface area (Å²) < 4.78 is 0. The molecular formula is C15H21N3O3. The largest absolute Gasteiger partial charge is 0.326 e. The molecule has 1 N–H and O–H groups in total. The maximum absolute atomic E-state index is 12.0. The van der Waals surface area contributed by atoms with E-state index < -0.39 is 4.92 Å². The number of likely N-dealkylation sites (tertiary alicyclic amines) is 1. The van der Waals surface area contributed by atoms with Gasteiger partial charge in [0.25, 0.3) is 5.69 Å². The first-order valence-electron chi connectivity index (χ1n) is 7.33. The van der Waals surface area contributed by atoms with Crippen molar-refractivity contribution in [3.8, 4) is 0 Å². The van der Waals surface area contributed by atoms with E-state index in [-0.39, 0.29) is 11.6 Å². The number of piperidine rings is 1. The van der Waals surface area contributed by atoms with Crippen LogP contribution in [0, 0.1) is 17.0 Å². The number of nitro groups is 1. The average Bonchev–Trinajstić information content (AvgIpc) is 2.48. The Hall–Kier alpha value is -1.95. The molecule has 0 aliphatic carbocycles. The highest BCUT2D eigenvalue weighted by atomic mass is 16.6. The molecule has 21 heavy (non-hydrogen) atoms. The van der Waals surface area contributed by atoms with Gasteiger partial charge in [-0.3, -0.25) is 14.9 Å². The third kappa shape index (κ3) is 4.53. The van der Waals surface area contributed by atoms with Crippen molar-refractivity contribution in [1.29, 1.82) is 0 Å². The molecule has 0 aromatic heterocycles. The molecule has 1 amide bonds. The summed E-state index contributed by atoms with van der Waals surface area (Å²) in [6, 6.07) is 4.51. The quantitative estimate of drug-likeness (QED) is 0.668. The average molecular weight is 291 g/mol. The lowest BCUT2D eigenvalue weighted by atomic mass is 10.1. The maximum Gasteiger partial charge on any atom is 0.271 e. The number of anilines is 1. The van der Waals surface area contributed by atoms with Gasteiger partial charge in [0, 0.05) is 25.1 Å². The number of non-ortho nitro benzene ring substituents is 1. The number of aryl methyl sites for hydroxylation is 1. The predicted octanol–water partition coefficient (Wildman–Crippen LogP) is 2.72. The van der Waals surface area contributed by atoms with Crippen molar-refractivity contribution in [1.82, 2.24) is 4.90 Å². The van der Waals surface area contributed by atoms with Gasteiger partial charge in [0.2, 0.25) is 5.91 Å². The highest BCUT2D eigenvalue weighted by Crippen LogP contribution is 2.22. The number of benzene rings is 1. The number of amides is 1. The summed E-state index contributed by atoms with van der Waals surface area (Å²) in [5, 5.41) is 13.5. The lowest BCUT2D eigenvalue weighted by Crippen LogP contribution is -2.32. The van der Waals surface area contributed by atoms with E-state index in [2.05, 4.69) is 10.2 Å². The van der Waals surface area contributed by atoms with E-state index in [1.165, 1.54) is 31.4 Å². The first-order chi connectivity index (χ1) is 10.1. The minimum Gasteiger partial charge on any atom is -0.326 e. The van der Waals surface area contributed by atoms with Crippen molar-refractivity contribution in [3.05, 3.63) is 33.9 Å². The van der Waals surface area contributed by atoms with Crippen molar-refractivity contribution in [2.45, 2.75) is 32.6 Å². The number of nitrogens with one attached hydrogen (secondary N) is 1. The summed E-state index contributed by atoms with van der Waals surface area (Å²) in [6.07, 6.45) is 4.09. The Morgan fingerprint density at radius 2 is 2.05 bits per heavy atom. The van der Waals surface area contributed by atoms with E-state index in [1.807, 2.05) is 6.92 Å². The zero-order valence-electron chi connectivity index (χ0n) is 12.3. The second kappa shape index (κ2) is 7.17. The van der Waals surface area contributed by atoms with E-state index in [1.54, 1.807) is 6.07 Å². The second-order valence-corrected chi connectivity index (χ2v) is 5.46. The third-order valence-electron chi connectivity index (χ3n) is 3.81. The third-order valence-corrected chi connectivity index (χ3v) is 3.81. The smallest absolute Gasteiger partial charge is 0.271 e. The molecule has 0 bridgehead atoms. The summed E-state index contributed by atoms with van der Waals surface area (Å²) in [6.45, 7) is 4.69. The van der Waals surface area contributed by atoms with Gasteiger partial charge < -0.3 is 10.2 Å². The summed E-state index contributed by atoms with van der Waals surface area (Å²) in [7, 11) is 0. The number of rotatable bonds is 5. The standard InChI is InChI=1S/C15H21N3O3/c1-12-5-6-13(18(20)21)11-14(12)16-15(19)7-10-17-8-3-2-4-9-17/h5-6,11H,2-4,7-10H2,1H3,(H,16,19). The van der Waals surface area contributed by atoms with Gasteiger partial charge in [0.05, 0.1) is 10.6 Å². The first kappa shape index (κ1) is 15.4. The number of hydrogen-bond donors (Lipinski definition) is 1. The van der Waals surface area contributed by atoms with Crippen LogP contribution in [0.15, 0.2) is 18.2 Å². The monoisotopic (exact) mass is 291 g/mol. The van der Waals surface area contributed by atoms with Gasteiger partial charge in [-0.2, -0.15) is 0 Å². The van der Waals surface area contributed by atoms with Crippen LogP contribution in [-0.4, -0.2) is 35.4 Å². The Bertz CT molecular complexity index is 525. The summed E-state index contributed by atoms with van der Waals surface area (Å²) >= 11 is 0. The fourth-order valence-electron chi connectivity index (χ4n) is 2.51. The minimum absolute atomic E-state index is 0.00747. The van der Waals surface area contributed by atoms with Crippen molar-refractivity contribution < 1.29 is 9.72 Å². The lowest BCUT2D eigenvalue weighted by Gasteiger charge is -2.26. The van der Waals surface area contributed by atoms with Crippen LogP contribution in [0.4, 0.5) is 11.4 Å². The van der Waals surface area contributed by atoms with Gasteiger partial charge in [-0.1, -0.05) is 12.5 Å². The molecule has 0 radical (unpaired) electrons. The molecule has 1 aromatic carbocycles. The van der Waals surface area contributed by atoms with Crippen LogP contribution in [0.25, 0.3) is 0 Å². The highest BCUT2D eigenvalue weighted by Gasteiger charge is 2.14. The molecule has 114 valence electrons. The number of hydrogen-bond acceptors (Lipinski definition) is 4. The predicted molar refractivity (Wildman–Crippen MR) is 81.4 cm³/mol. The topological polar surface area (TPSA) is 75.5 Å². The van der Waals surface area contributed by atoms with Crippen LogP contribution in [0.3, 0.4) is 0 Å².